The van der Waals surface area contributed by atoms with Crippen LogP contribution in [0.5, 0.6) is 11.5 Å². The van der Waals surface area contributed by atoms with Crippen molar-refractivity contribution in [3.8, 4) is 11.5 Å². The van der Waals surface area contributed by atoms with Crippen LogP contribution < -0.4 is 14.4 Å². The third-order valence-electron chi connectivity index (χ3n) is 4.54. The van der Waals surface area contributed by atoms with Crippen molar-refractivity contribution in [3.63, 3.8) is 0 Å². The summed E-state index contributed by atoms with van der Waals surface area (Å²) in [4.78, 5) is 21.7. The molecule has 6 nitrogen and oxygen atoms in total. The number of carbonyl (C=O) groups excluding carboxylic acids is 1. The van der Waals surface area contributed by atoms with Crippen molar-refractivity contribution in [1.82, 2.24) is 9.88 Å². The Bertz CT molecular complexity index is 929. The summed E-state index contributed by atoms with van der Waals surface area (Å²) in [7, 11) is 4.00. The molecule has 0 bridgehead atoms. The van der Waals surface area contributed by atoms with Crippen molar-refractivity contribution < 1.29 is 14.3 Å². The van der Waals surface area contributed by atoms with E-state index in [4.69, 9.17) is 14.5 Å². The van der Waals surface area contributed by atoms with Gasteiger partial charge in [-0.2, -0.15) is 0 Å². The van der Waals surface area contributed by atoms with Crippen LogP contribution in [0.15, 0.2) is 42.5 Å². The Morgan fingerprint density at radius 2 is 1.79 bits per heavy atom. The number of ether oxygens (including phenoxy) is 2. The molecule has 7 heteroatoms. The average Bonchev–Trinajstić information content (AvgIpc) is 3.09. The molecule has 146 valence electrons. The Labute approximate surface area is 168 Å². The molecule has 0 aliphatic carbocycles. The fourth-order valence-corrected chi connectivity index (χ4v) is 4.08. The van der Waals surface area contributed by atoms with E-state index in [1.807, 2.05) is 56.6 Å². The van der Waals surface area contributed by atoms with E-state index < -0.39 is 0 Å². The zero-order chi connectivity index (χ0) is 19.5. The molecule has 0 radical (unpaired) electrons. The molecule has 0 atom stereocenters. The number of hydrogen-bond acceptors (Lipinski definition) is 6. The van der Waals surface area contributed by atoms with Crippen LogP contribution in [0.2, 0.25) is 0 Å². The van der Waals surface area contributed by atoms with E-state index in [1.165, 1.54) is 11.3 Å². The van der Waals surface area contributed by atoms with Gasteiger partial charge >= 0.3 is 0 Å². The molecule has 0 saturated carbocycles. The molecule has 28 heavy (non-hydrogen) atoms. The summed E-state index contributed by atoms with van der Waals surface area (Å²) in [6, 6.07) is 13.7. The summed E-state index contributed by atoms with van der Waals surface area (Å²) in [6.45, 7) is 2.44. The van der Waals surface area contributed by atoms with Gasteiger partial charge in [-0.15, -0.1) is 0 Å². The molecule has 1 aliphatic rings. The Morgan fingerprint density at radius 3 is 2.50 bits per heavy atom. The number of amides is 1. The maximum Gasteiger partial charge on any atom is 0.233 e. The smallest absolute Gasteiger partial charge is 0.233 e. The van der Waals surface area contributed by atoms with Gasteiger partial charge in [0.15, 0.2) is 16.6 Å². The molecule has 2 heterocycles. The lowest BCUT2D eigenvalue weighted by atomic mass is 10.1. The molecule has 1 amide bonds. The summed E-state index contributed by atoms with van der Waals surface area (Å²) >= 11 is 1.51. The second-order valence-corrected chi connectivity index (χ2v) is 7.98. The highest BCUT2D eigenvalue weighted by Gasteiger charge is 2.22. The molecule has 0 fully saturated rings. The molecule has 3 aromatic rings. The number of likely N-dealkylation sites (N-methyl/N-ethyl adjacent to an activating group) is 1. The summed E-state index contributed by atoms with van der Waals surface area (Å²) in [5.41, 5.74) is 1.83. The fourth-order valence-electron chi connectivity index (χ4n) is 3.06. The summed E-state index contributed by atoms with van der Waals surface area (Å²) < 4.78 is 12.3. The van der Waals surface area contributed by atoms with Crippen LogP contribution in [0.3, 0.4) is 0 Å². The molecule has 1 aromatic heterocycles. The highest BCUT2D eigenvalue weighted by molar-refractivity contribution is 7.22. The van der Waals surface area contributed by atoms with Crippen LogP contribution in [-0.4, -0.2) is 56.2 Å². The highest BCUT2D eigenvalue weighted by atomic mass is 32.1. The molecule has 2 aromatic carbocycles. The topological polar surface area (TPSA) is 54.9 Å². The monoisotopic (exact) mass is 397 g/mol. The van der Waals surface area contributed by atoms with Gasteiger partial charge < -0.3 is 14.4 Å². The van der Waals surface area contributed by atoms with Crippen LogP contribution in [0, 0.1) is 0 Å². The van der Waals surface area contributed by atoms with Crippen molar-refractivity contribution in [2.24, 2.45) is 0 Å². The van der Waals surface area contributed by atoms with E-state index in [0.29, 0.717) is 37.1 Å². The minimum absolute atomic E-state index is 0.0457. The minimum Gasteiger partial charge on any atom is -0.486 e. The van der Waals surface area contributed by atoms with E-state index >= 15 is 0 Å². The van der Waals surface area contributed by atoms with Crippen LogP contribution in [0.1, 0.15) is 5.56 Å². The SMILES string of the molecule is CN(C)CCN(C(=O)Cc1ccccc1)c1nc2cc3c(cc2s1)OCCO3. The highest BCUT2D eigenvalue weighted by Crippen LogP contribution is 2.38. The minimum atomic E-state index is 0.0457. The van der Waals surface area contributed by atoms with Gasteiger partial charge in [-0.05, 0) is 19.7 Å². The second kappa shape index (κ2) is 8.16. The van der Waals surface area contributed by atoms with Gasteiger partial charge in [0, 0.05) is 25.2 Å². The third-order valence-corrected chi connectivity index (χ3v) is 5.58. The first-order valence-electron chi connectivity index (χ1n) is 9.29. The lowest BCUT2D eigenvalue weighted by molar-refractivity contribution is -0.118. The first-order chi connectivity index (χ1) is 13.6. The molecule has 4 rings (SSSR count). The lowest BCUT2D eigenvalue weighted by Crippen LogP contribution is -2.37. The summed E-state index contributed by atoms with van der Waals surface area (Å²) in [6.07, 6.45) is 0.354. The van der Waals surface area contributed by atoms with E-state index in [-0.39, 0.29) is 5.91 Å². The van der Waals surface area contributed by atoms with Gasteiger partial charge in [-0.3, -0.25) is 9.69 Å². The van der Waals surface area contributed by atoms with Crippen molar-refractivity contribution in [3.05, 3.63) is 48.0 Å². The Morgan fingerprint density at radius 1 is 1.07 bits per heavy atom. The van der Waals surface area contributed by atoms with Crippen LogP contribution in [0.25, 0.3) is 10.2 Å². The molecular formula is C21H23N3O3S. The number of fused-ring (bicyclic) bond motifs is 2. The maximum absolute atomic E-state index is 13.1. The van der Waals surface area contributed by atoms with E-state index in [9.17, 15) is 4.79 Å². The zero-order valence-corrected chi connectivity index (χ0v) is 16.9. The molecule has 0 unspecified atom stereocenters. The number of nitrogens with zero attached hydrogens (tertiary/aromatic N) is 3. The number of thiazole rings is 1. The number of anilines is 1. The Kier molecular flexibility index (Phi) is 5.45. The second-order valence-electron chi connectivity index (χ2n) is 6.97. The van der Waals surface area contributed by atoms with Crippen LogP contribution >= 0.6 is 11.3 Å². The van der Waals surface area contributed by atoms with Crippen molar-refractivity contribution >= 4 is 32.6 Å². The van der Waals surface area contributed by atoms with Gasteiger partial charge in [0.25, 0.3) is 0 Å². The van der Waals surface area contributed by atoms with Crippen molar-refractivity contribution in [2.45, 2.75) is 6.42 Å². The normalized spacial score (nSPS) is 13.1. The predicted molar refractivity (Wildman–Crippen MR) is 112 cm³/mol. The number of carbonyl (C=O) groups is 1. The van der Waals surface area contributed by atoms with E-state index in [2.05, 4.69) is 4.90 Å². The summed E-state index contributed by atoms with van der Waals surface area (Å²) in [5.74, 6) is 1.50. The number of hydrogen-bond donors (Lipinski definition) is 0. The van der Waals surface area contributed by atoms with E-state index in [0.717, 1.165) is 28.1 Å². The Balaban J connectivity index is 1.64. The molecule has 0 spiro atoms. The van der Waals surface area contributed by atoms with E-state index in [1.54, 1.807) is 4.90 Å². The van der Waals surface area contributed by atoms with Gasteiger partial charge in [-0.25, -0.2) is 4.98 Å². The first kappa shape index (κ1) is 18.7. The van der Waals surface area contributed by atoms with Crippen molar-refractivity contribution in [1.29, 1.82) is 0 Å². The number of benzene rings is 2. The fraction of sp³-hybridized carbons (Fsp3) is 0.333. The van der Waals surface area contributed by atoms with Crippen LogP contribution in [-0.2, 0) is 11.2 Å². The van der Waals surface area contributed by atoms with Gasteiger partial charge in [0.1, 0.15) is 13.2 Å². The molecule has 1 aliphatic heterocycles. The zero-order valence-electron chi connectivity index (χ0n) is 16.1. The van der Waals surface area contributed by atoms with Crippen molar-refractivity contribution in [2.75, 3.05) is 45.3 Å². The van der Waals surface area contributed by atoms with Crippen LogP contribution in [0.4, 0.5) is 5.13 Å². The molecular weight excluding hydrogens is 374 g/mol. The molecule has 0 N–H and O–H groups in total. The third kappa shape index (κ3) is 4.10. The van der Waals surface area contributed by atoms with Gasteiger partial charge in [-0.1, -0.05) is 41.7 Å². The van der Waals surface area contributed by atoms with Gasteiger partial charge in [0.05, 0.1) is 16.6 Å². The summed E-state index contributed by atoms with van der Waals surface area (Å²) in [5, 5.41) is 0.708. The molecule has 0 saturated heterocycles. The standard InChI is InChI=1S/C21H23N3O3S/c1-23(2)8-9-24(20(25)12-15-6-4-3-5-7-15)21-22-16-13-17-18(14-19(16)28-21)27-11-10-26-17/h3-7,13-14H,8-12H2,1-2H3. The van der Waals surface area contributed by atoms with Gasteiger partial charge in [0.2, 0.25) is 5.91 Å². The number of rotatable bonds is 6. The predicted octanol–water partition coefficient (Wildman–Crippen LogP) is 3.20. The Hall–Kier alpha value is -2.64. The largest absolute Gasteiger partial charge is 0.486 e. The average molecular weight is 398 g/mol. The first-order valence-corrected chi connectivity index (χ1v) is 10.1. The quantitative estimate of drug-likeness (QED) is 0.639. The maximum atomic E-state index is 13.1. The lowest BCUT2D eigenvalue weighted by Gasteiger charge is -2.22. The number of aromatic nitrogens is 1.